The van der Waals surface area contributed by atoms with E-state index < -0.39 is 10.8 Å². The first kappa shape index (κ1) is 82.2. The average molecular weight is 1830 g/mol. The monoisotopic (exact) mass is 1820 g/mol. The first-order chi connectivity index (χ1) is 63.7. The van der Waals surface area contributed by atoms with Crippen LogP contribution in [0.15, 0.2) is 433 Å². The highest BCUT2D eigenvalue weighted by Gasteiger charge is 2.52. The van der Waals surface area contributed by atoms with Gasteiger partial charge in [-0.25, -0.2) is 0 Å². The quantitative estimate of drug-likeness (QED) is 0.131. The molecule has 0 saturated heterocycles. The third-order valence-electron chi connectivity index (χ3n) is 26.7. The lowest BCUT2D eigenvalue weighted by Gasteiger charge is -2.36. The van der Waals surface area contributed by atoms with Gasteiger partial charge in [0.1, 0.15) is 39.1 Å². The summed E-state index contributed by atoms with van der Waals surface area (Å²) in [5.74, 6) is 0. The highest BCUT2D eigenvalue weighted by molar-refractivity contribution is 9.11. The molecular formula is C122H95Br2N3O4. The van der Waals surface area contributed by atoms with Crippen molar-refractivity contribution in [3.63, 3.8) is 0 Å². The Bertz CT molecular complexity index is 8010. The van der Waals surface area contributed by atoms with Gasteiger partial charge < -0.3 is 32.8 Å². The highest BCUT2D eigenvalue weighted by atomic mass is 79.9. The second-order valence-corrected chi connectivity index (χ2v) is 39.3. The Labute approximate surface area is 780 Å². The number of furan rings is 4. The molecule has 0 spiro atoms. The zero-order valence-corrected chi connectivity index (χ0v) is 77.6. The van der Waals surface area contributed by atoms with E-state index in [-0.39, 0.29) is 16.2 Å². The van der Waals surface area contributed by atoms with E-state index in [1.54, 1.807) is 0 Å². The van der Waals surface area contributed by atoms with E-state index in [2.05, 4.69) is 479 Å². The molecule has 0 atom stereocenters. The number of halogens is 2. The Morgan fingerprint density at radius 2 is 0.511 bits per heavy atom. The summed E-state index contributed by atoms with van der Waals surface area (Å²) in [5, 5.41) is 12.0. The molecule has 2 aliphatic carbocycles. The summed E-state index contributed by atoms with van der Waals surface area (Å²) in [5.41, 5.74) is 31.7. The standard InChI is InChI=1S/C69H56N2O2.C37H20Br2O2.C16H19N/c1-67(2,3)45-35-39-51(40-36-45)70(49-27-15-9-16-28-49)57-43-56-64(66-61(57)53-31-19-21-33-59(53)73-66)63-55(69(56,47-23-11-7-12-24-47)48-25-13-8-14-26-48)44-58(65-62(63)54-32-20-22-34-60(54)72-65)71(50-29-17-10-18-30-50)52-41-37-46(38-42-52)68(4,5)6;38-27-19-26-34(36-31(27)23-15-7-9-17-29(23)41-36)33-25(20-28(39)35-32(33)24-16-8-10-18-30(24)40-35)37(26,21-11-3-1-4-12-21)22-13-5-2-6-14-22;1-16(2,3)13-9-11-15(12-10-13)17-14-7-5-4-6-8-14/h7-44H,1-6H3;1-20H;4-12,17H,1-3H3. The van der Waals surface area contributed by atoms with Crippen LogP contribution in [0.2, 0.25) is 0 Å². The van der Waals surface area contributed by atoms with Gasteiger partial charge in [0.25, 0.3) is 0 Å². The van der Waals surface area contributed by atoms with E-state index in [1.165, 1.54) is 38.9 Å². The van der Waals surface area contributed by atoms with Crippen LogP contribution in [0.5, 0.6) is 0 Å². The van der Waals surface area contributed by atoms with Crippen molar-refractivity contribution in [3.05, 3.63) is 477 Å². The minimum absolute atomic E-state index is 0.0120. The first-order valence-electron chi connectivity index (χ1n) is 45.1. The van der Waals surface area contributed by atoms with Gasteiger partial charge in [0.2, 0.25) is 0 Å². The van der Waals surface area contributed by atoms with Gasteiger partial charge >= 0.3 is 0 Å². The van der Waals surface area contributed by atoms with E-state index in [0.717, 1.165) is 187 Å². The van der Waals surface area contributed by atoms with Crippen LogP contribution >= 0.6 is 31.9 Å². The summed E-state index contributed by atoms with van der Waals surface area (Å²) in [6.45, 7) is 20.3. The number of anilines is 8. The predicted octanol–water partition coefficient (Wildman–Crippen LogP) is 35.5. The van der Waals surface area contributed by atoms with Crippen molar-refractivity contribution in [2.75, 3.05) is 15.1 Å². The number of para-hydroxylation sites is 7. The third kappa shape index (κ3) is 13.7. The third-order valence-corrected chi connectivity index (χ3v) is 27.9. The number of benzene rings is 18. The molecule has 18 aromatic carbocycles. The summed E-state index contributed by atoms with van der Waals surface area (Å²) in [7, 11) is 0. The second kappa shape index (κ2) is 32.3. The Morgan fingerprint density at radius 1 is 0.237 bits per heavy atom. The van der Waals surface area contributed by atoms with Crippen LogP contribution in [0, 0.1) is 0 Å². The number of nitrogens with zero attached hydrogens (tertiary/aromatic N) is 2. The summed E-state index contributed by atoms with van der Waals surface area (Å²) >= 11 is 7.94. The van der Waals surface area contributed by atoms with Gasteiger partial charge in [-0.1, -0.05) is 363 Å². The largest absolute Gasteiger partial charge is 0.455 e. The average Bonchev–Trinajstić information content (AvgIpc) is 1.49. The summed E-state index contributed by atoms with van der Waals surface area (Å²) in [6.07, 6.45) is 0. The molecule has 2 aliphatic rings. The van der Waals surface area contributed by atoms with E-state index >= 15 is 0 Å². The van der Waals surface area contributed by atoms with Gasteiger partial charge in [-0.15, -0.1) is 0 Å². The first-order valence-corrected chi connectivity index (χ1v) is 46.6. The van der Waals surface area contributed by atoms with E-state index in [4.69, 9.17) is 17.7 Å². The molecule has 0 unspecified atom stereocenters. The fraction of sp³-hybridized carbons (Fsp3) is 0.115. The van der Waals surface area contributed by atoms with Crippen molar-refractivity contribution >= 4 is 165 Å². The van der Waals surface area contributed by atoms with E-state index in [0.29, 0.717) is 0 Å². The summed E-state index contributed by atoms with van der Waals surface area (Å²) in [6, 6.07) is 146. The van der Waals surface area contributed by atoms with Crippen LogP contribution in [0.1, 0.15) is 124 Å². The molecular weight excluding hydrogens is 1730 g/mol. The maximum atomic E-state index is 7.47. The maximum Gasteiger partial charge on any atom is 0.160 e. The molecule has 4 heterocycles. The summed E-state index contributed by atoms with van der Waals surface area (Å²) in [4.78, 5) is 4.83. The summed E-state index contributed by atoms with van der Waals surface area (Å²) < 4.78 is 30.0. The molecule has 1 N–H and O–H groups in total. The predicted molar refractivity (Wildman–Crippen MR) is 554 cm³/mol. The molecule has 636 valence electrons. The number of hydrogen-bond donors (Lipinski definition) is 1. The molecule has 0 amide bonds. The fourth-order valence-electron chi connectivity index (χ4n) is 20.6. The highest BCUT2D eigenvalue weighted by Crippen LogP contribution is 2.67. The Balaban J connectivity index is 0.000000143. The second-order valence-electron chi connectivity index (χ2n) is 37.6. The SMILES string of the molecule is Brc1cc2c(c3c1oc1ccccc13)-c1c(cc(Br)c3c1oc1ccccc13)C2(c1ccccc1)c1ccccc1.CC(C)(C)c1ccc(N(c2ccccc2)c2cc3c(c4c2oc2ccccc24)-c2c(cc(N(c4ccccc4)c4ccc(C(C)(C)C)cc4)c4c2oc2ccccc24)C3(c2ccccc2)c2ccccc2)cc1.CC(C)(C)c1ccc(Nc2ccccc2)cc1. The Morgan fingerprint density at radius 3 is 0.924 bits per heavy atom. The molecule has 4 aromatic heterocycles. The van der Waals surface area contributed by atoms with Gasteiger partial charge in [-0.3, -0.25) is 0 Å². The lowest BCUT2D eigenvalue weighted by atomic mass is 9.67. The number of hydrogen-bond acceptors (Lipinski definition) is 7. The molecule has 0 fully saturated rings. The van der Waals surface area contributed by atoms with E-state index in [1.807, 2.05) is 36.4 Å². The van der Waals surface area contributed by atoms with Gasteiger partial charge in [0, 0.05) is 98.6 Å². The smallest absolute Gasteiger partial charge is 0.160 e. The molecule has 0 aliphatic heterocycles. The van der Waals surface area contributed by atoms with Crippen molar-refractivity contribution in [2.24, 2.45) is 0 Å². The molecule has 22 aromatic rings. The van der Waals surface area contributed by atoms with Crippen molar-refractivity contribution < 1.29 is 17.7 Å². The lowest BCUT2D eigenvalue weighted by Crippen LogP contribution is -2.29. The number of nitrogens with one attached hydrogen (secondary N) is 1. The molecule has 9 heteroatoms. The van der Waals surface area contributed by atoms with Crippen molar-refractivity contribution in [2.45, 2.75) is 89.4 Å². The number of rotatable bonds is 12. The van der Waals surface area contributed by atoms with Crippen LogP contribution in [-0.4, -0.2) is 0 Å². The van der Waals surface area contributed by atoms with Crippen LogP contribution < -0.4 is 15.1 Å². The zero-order valence-electron chi connectivity index (χ0n) is 74.5. The van der Waals surface area contributed by atoms with Crippen LogP contribution in [0.4, 0.5) is 45.5 Å². The van der Waals surface area contributed by atoms with Gasteiger partial charge in [-0.05, 0) is 215 Å². The van der Waals surface area contributed by atoms with E-state index in [9.17, 15) is 0 Å². The molecule has 131 heavy (non-hydrogen) atoms. The van der Waals surface area contributed by atoms with Gasteiger partial charge in [0.15, 0.2) is 5.58 Å². The maximum absolute atomic E-state index is 7.47. The minimum Gasteiger partial charge on any atom is -0.455 e. The molecule has 7 nitrogen and oxygen atoms in total. The van der Waals surface area contributed by atoms with Gasteiger partial charge in [-0.2, -0.15) is 0 Å². The van der Waals surface area contributed by atoms with Crippen molar-refractivity contribution in [3.8, 4) is 22.3 Å². The molecule has 0 radical (unpaired) electrons. The van der Waals surface area contributed by atoms with Crippen molar-refractivity contribution in [1.29, 1.82) is 0 Å². The number of fused-ring (bicyclic) bond motifs is 22. The van der Waals surface area contributed by atoms with Crippen LogP contribution in [0.3, 0.4) is 0 Å². The molecule has 0 saturated carbocycles. The lowest BCUT2D eigenvalue weighted by molar-refractivity contribution is 0.590. The minimum atomic E-state index is -0.854. The molecule has 24 rings (SSSR count). The Kier molecular flexibility index (Phi) is 20.3. The Hall–Kier alpha value is -14.5. The topological polar surface area (TPSA) is 71.1 Å². The fourth-order valence-corrected chi connectivity index (χ4v) is 21.7. The zero-order chi connectivity index (χ0) is 89.2. The van der Waals surface area contributed by atoms with Crippen LogP contribution in [0.25, 0.3) is 110 Å². The molecule has 0 bridgehead atoms. The van der Waals surface area contributed by atoms with Crippen LogP contribution in [-0.2, 0) is 27.1 Å². The van der Waals surface area contributed by atoms with Crippen molar-refractivity contribution in [1.82, 2.24) is 0 Å². The van der Waals surface area contributed by atoms with Gasteiger partial charge in [0.05, 0.1) is 32.1 Å². The normalized spacial score (nSPS) is 13.1.